The summed E-state index contributed by atoms with van der Waals surface area (Å²) in [6.07, 6.45) is 1.28. The number of amides is 2. The minimum absolute atomic E-state index is 0.0131. The molecule has 0 aliphatic carbocycles. The Balaban J connectivity index is 2.55. The number of carboxylic acid groups (broad SMARTS) is 2. The molecule has 0 spiro atoms. The maximum Gasteiger partial charge on any atom is 0.323 e. The van der Waals surface area contributed by atoms with Crippen LogP contribution in [0, 0.1) is 0 Å². The fourth-order valence-electron chi connectivity index (χ4n) is 1.32. The van der Waals surface area contributed by atoms with Crippen LogP contribution in [0.15, 0.2) is 22.8 Å². The lowest BCUT2D eigenvalue weighted by Crippen LogP contribution is -2.44. The summed E-state index contributed by atoms with van der Waals surface area (Å²) in [4.78, 5) is 44.8. The number of hydrogen-bond donors (Lipinski definition) is 3. The first-order valence-corrected chi connectivity index (χ1v) is 5.43. The molecule has 0 fully saturated rings. The second-order valence-electron chi connectivity index (χ2n) is 3.70. The molecular formula is C11H12N2O7. The zero-order chi connectivity index (χ0) is 15.1. The summed E-state index contributed by atoms with van der Waals surface area (Å²) in [6, 6.07) is 2.87. The van der Waals surface area contributed by atoms with Crippen molar-refractivity contribution in [2.45, 2.75) is 0 Å². The van der Waals surface area contributed by atoms with Gasteiger partial charge in [0.1, 0.15) is 13.1 Å². The minimum atomic E-state index is -1.35. The van der Waals surface area contributed by atoms with Gasteiger partial charge in [-0.25, -0.2) is 0 Å². The average molecular weight is 284 g/mol. The number of nitrogens with one attached hydrogen (secondary N) is 1. The van der Waals surface area contributed by atoms with Gasteiger partial charge < -0.3 is 24.8 Å². The number of carbonyl (C=O) groups excluding carboxylic acids is 2. The smallest absolute Gasteiger partial charge is 0.323 e. The summed E-state index contributed by atoms with van der Waals surface area (Å²) >= 11 is 0. The molecule has 0 aromatic carbocycles. The van der Waals surface area contributed by atoms with E-state index in [0.29, 0.717) is 4.90 Å². The topological polar surface area (TPSA) is 137 Å². The molecule has 0 radical (unpaired) electrons. The molecule has 20 heavy (non-hydrogen) atoms. The zero-order valence-corrected chi connectivity index (χ0v) is 10.2. The molecule has 0 saturated heterocycles. The normalized spacial score (nSPS) is 9.80. The van der Waals surface area contributed by atoms with Crippen LogP contribution in [0.1, 0.15) is 10.6 Å². The third-order valence-electron chi connectivity index (χ3n) is 2.15. The molecule has 2 amide bonds. The molecule has 1 aromatic heterocycles. The molecule has 1 rings (SSSR count). The third kappa shape index (κ3) is 4.80. The first-order chi connectivity index (χ1) is 9.40. The molecule has 0 unspecified atom stereocenters. The highest BCUT2D eigenvalue weighted by molar-refractivity contribution is 5.95. The Morgan fingerprint density at radius 2 is 1.75 bits per heavy atom. The van der Waals surface area contributed by atoms with Gasteiger partial charge >= 0.3 is 11.9 Å². The van der Waals surface area contributed by atoms with Gasteiger partial charge in [0.05, 0.1) is 12.8 Å². The van der Waals surface area contributed by atoms with E-state index in [1.54, 1.807) is 0 Å². The van der Waals surface area contributed by atoms with Crippen LogP contribution in [0.2, 0.25) is 0 Å². The lowest BCUT2D eigenvalue weighted by Gasteiger charge is -2.18. The van der Waals surface area contributed by atoms with Crippen LogP contribution in [0.5, 0.6) is 0 Å². The summed E-state index contributed by atoms with van der Waals surface area (Å²) in [7, 11) is 0. The second-order valence-corrected chi connectivity index (χ2v) is 3.70. The fraction of sp³-hybridized carbons (Fsp3) is 0.273. The van der Waals surface area contributed by atoms with Gasteiger partial charge in [-0.2, -0.15) is 0 Å². The molecule has 1 heterocycles. The van der Waals surface area contributed by atoms with Crippen LogP contribution in [-0.4, -0.2) is 58.5 Å². The highest BCUT2D eigenvalue weighted by atomic mass is 16.4. The molecule has 3 N–H and O–H groups in total. The van der Waals surface area contributed by atoms with Crippen molar-refractivity contribution in [3.05, 3.63) is 24.2 Å². The molecule has 9 heteroatoms. The molecule has 108 valence electrons. The van der Waals surface area contributed by atoms with Crippen molar-refractivity contribution in [3.63, 3.8) is 0 Å². The van der Waals surface area contributed by atoms with Crippen LogP contribution < -0.4 is 5.32 Å². The van der Waals surface area contributed by atoms with Crippen LogP contribution in [0.3, 0.4) is 0 Å². The quantitative estimate of drug-likeness (QED) is 0.584. The van der Waals surface area contributed by atoms with Gasteiger partial charge in [-0.05, 0) is 12.1 Å². The van der Waals surface area contributed by atoms with E-state index in [1.807, 2.05) is 0 Å². The van der Waals surface area contributed by atoms with E-state index in [2.05, 4.69) is 5.32 Å². The first-order valence-electron chi connectivity index (χ1n) is 5.43. The van der Waals surface area contributed by atoms with E-state index in [1.165, 1.54) is 18.4 Å². The summed E-state index contributed by atoms with van der Waals surface area (Å²) in [5.74, 6) is -4.20. The van der Waals surface area contributed by atoms with Gasteiger partial charge in [0, 0.05) is 0 Å². The van der Waals surface area contributed by atoms with Gasteiger partial charge in [-0.3, -0.25) is 19.2 Å². The van der Waals surface area contributed by atoms with Crippen LogP contribution in [0.25, 0.3) is 0 Å². The Morgan fingerprint density at radius 3 is 2.20 bits per heavy atom. The number of rotatable bonds is 7. The number of hydrogen-bond acceptors (Lipinski definition) is 5. The Bertz CT molecular complexity index is 493. The van der Waals surface area contributed by atoms with Gasteiger partial charge in [-0.15, -0.1) is 0 Å². The van der Waals surface area contributed by atoms with Crippen LogP contribution in [0.4, 0.5) is 0 Å². The second kappa shape index (κ2) is 6.92. The number of carboxylic acids is 2. The number of nitrogens with zero attached hydrogens (tertiary/aromatic N) is 1. The Morgan fingerprint density at radius 1 is 1.15 bits per heavy atom. The maximum atomic E-state index is 11.6. The molecule has 0 bridgehead atoms. The molecule has 0 aliphatic heterocycles. The fourth-order valence-corrected chi connectivity index (χ4v) is 1.32. The summed E-state index contributed by atoms with van der Waals surface area (Å²) in [5.41, 5.74) is 0. The summed E-state index contributed by atoms with van der Waals surface area (Å²) in [6.45, 7) is -2.05. The highest BCUT2D eigenvalue weighted by Gasteiger charge is 2.20. The predicted octanol–water partition coefficient (Wildman–Crippen LogP) is -0.993. The first kappa shape index (κ1) is 15.2. The largest absolute Gasteiger partial charge is 0.480 e. The van der Waals surface area contributed by atoms with Crippen LogP contribution >= 0.6 is 0 Å². The van der Waals surface area contributed by atoms with E-state index < -0.39 is 43.4 Å². The SMILES string of the molecule is O=C(O)CN(CC(=O)O)C(=O)CNC(=O)c1ccco1. The lowest BCUT2D eigenvalue weighted by atomic mass is 10.4. The lowest BCUT2D eigenvalue weighted by molar-refractivity contribution is -0.148. The number of carbonyl (C=O) groups is 4. The van der Waals surface area contributed by atoms with Gasteiger partial charge in [0.25, 0.3) is 5.91 Å². The van der Waals surface area contributed by atoms with Crippen molar-refractivity contribution in [2.75, 3.05) is 19.6 Å². The Hall–Kier alpha value is -2.84. The van der Waals surface area contributed by atoms with Gasteiger partial charge in [-0.1, -0.05) is 0 Å². The van der Waals surface area contributed by atoms with Gasteiger partial charge in [0.15, 0.2) is 5.76 Å². The summed E-state index contributed by atoms with van der Waals surface area (Å²) in [5, 5.41) is 19.4. The van der Waals surface area contributed by atoms with E-state index >= 15 is 0 Å². The minimum Gasteiger partial charge on any atom is -0.480 e. The zero-order valence-electron chi connectivity index (χ0n) is 10.2. The summed E-state index contributed by atoms with van der Waals surface area (Å²) < 4.78 is 4.79. The monoisotopic (exact) mass is 284 g/mol. The Kier molecular flexibility index (Phi) is 5.27. The van der Waals surface area contributed by atoms with Crippen molar-refractivity contribution in [1.29, 1.82) is 0 Å². The molecule has 0 atom stereocenters. The maximum absolute atomic E-state index is 11.6. The Labute approximate surface area is 112 Å². The number of furan rings is 1. The van der Waals surface area contributed by atoms with E-state index in [-0.39, 0.29) is 5.76 Å². The molecule has 0 aliphatic rings. The highest BCUT2D eigenvalue weighted by Crippen LogP contribution is 1.99. The van der Waals surface area contributed by atoms with Crippen molar-refractivity contribution in [1.82, 2.24) is 10.2 Å². The van der Waals surface area contributed by atoms with E-state index in [4.69, 9.17) is 14.6 Å². The number of aliphatic carboxylic acids is 2. The third-order valence-corrected chi connectivity index (χ3v) is 2.15. The molecule has 9 nitrogen and oxygen atoms in total. The van der Waals surface area contributed by atoms with Crippen molar-refractivity contribution in [3.8, 4) is 0 Å². The van der Waals surface area contributed by atoms with Crippen molar-refractivity contribution in [2.24, 2.45) is 0 Å². The molecular weight excluding hydrogens is 272 g/mol. The van der Waals surface area contributed by atoms with Gasteiger partial charge in [0.2, 0.25) is 5.91 Å². The molecule has 0 saturated carbocycles. The standard InChI is InChI=1S/C11H12N2O7/c14-8(13(5-9(15)16)6-10(17)18)4-12-11(19)7-2-1-3-20-7/h1-3H,4-6H2,(H,12,19)(H,15,16)(H,17,18). The van der Waals surface area contributed by atoms with Crippen molar-refractivity contribution >= 4 is 23.8 Å². The molecule has 1 aromatic rings. The van der Waals surface area contributed by atoms with E-state index in [9.17, 15) is 19.2 Å². The van der Waals surface area contributed by atoms with Crippen LogP contribution in [-0.2, 0) is 14.4 Å². The van der Waals surface area contributed by atoms with Crippen molar-refractivity contribution < 1.29 is 33.8 Å². The van der Waals surface area contributed by atoms with E-state index in [0.717, 1.165) is 0 Å². The average Bonchev–Trinajstić information content (AvgIpc) is 2.87. The predicted molar refractivity (Wildman–Crippen MR) is 62.9 cm³/mol.